The lowest BCUT2D eigenvalue weighted by atomic mass is 10.1. The largest absolute Gasteiger partial charge is 0.495 e. The van der Waals surface area contributed by atoms with Crippen LogP contribution in [0.4, 0.5) is 11.5 Å². The van der Waals surface area contributed by atoms with E-state index in [9.17, 15) is 4.79 Å². The third-order valence-electron chi connectivity index (χ3n) is 2.66. The zero-order chi connectivity index (χ0) is 14.7. The van der Waals surface area contributed by atoms with Crippen LogP contribution in [0.1, 0.15) is 12.7 Å². The molecule has 0 fully saturated rings. The standard InChI is InChI=1S/C14H16N4O2/c1-8-16-11(7-14(15)17-8)10-4-5-13(20-3)12(6-10)18-9(2)19/h4-7H,1-3H3,(H,18,19)(H2,15,16,17). The fourth-order valence-corrected chi connectivity index (χ4v) is 1.89. The molecule has 20 heavy (non-hydrogen) atoms. The number of hydrogen-bond acceptors (Lipinski definition) is 5. The third kappa shape index (κ3) is 3.03. The number of hydrogen-bond donors (Lipinski definition) is 2. The molecule has 0 aliphatic carbocycles. The van der Waals surface area contributed by atoms with Crippen LogP contribution in [-0.2, 0) is 4.79 Å². The van der Waals surface area contributed by atoms with E-state index >= 15 is 0 Å². The Morgan fingerprint density at radius 3 is 2.65 bits per heavy atom. The first-order valence-electron chi connectivity index (χ1n) is 6.06. The first-order valence-corrected chi connectivity index (χ1v) is 6.06. The number of nitrogens with one attached hydrogen (secondary N) is 1. The summed E-state index contributed by atoms with van der Waals surface area (Å²) in [6, 6.07) is 7.10. The highest BCUT2D eigenvalue weighted by Crippen LogP contribution is 2.30. The van der Waals surface area contributed by atoms with Gasteiger partial charge in [-0.2, -0.15) is 0 Å². The number of nitrogens with zero attached hydrogens (tertiary/aromatic N) is 2. The van der Waals surface area contributed by atoms with Crippen LogP contribution in [0, 0.1) is 6.92 Å². The van der Waals surface area contributed by atoms with Gasteiger partial charge in [-0.1, -0.05) is 0 Å². The highest BCUT2D eigenvalue weighted by atomic mass is 16.5. The molecular weight excluding hydrogens is 256 g/mol. The highest BCUT2D eigenvalue weighted by molar-refractivity contribution is 5.91. The SMILES string of the molecule is COc1ccc(-c2cc(N)nc(C)n2)cc1NC(C)=O. The molecule has 0 bridgehead atoms. The number of aromatic nitrogens is 2. The monoisotopic (exact) mass is 272 g/mol. The van der Waals surface area contributed by atoms with Gasteiger partial charge in [0, 0.05) is 18.6 Å². The number of amides is 1. The van der Waals surface area contributed by atoms with Gasteiger partial charge in [0.25, 0.3) is 0 Å². The van der Waals surface area contributed by atoms with Gasteiger partial charge in [0.1, 0.15) is 17.4 Å². The first kappa shape index (κ1) is 13.8. The average Bonchev–Trinajstić information content (AvgIpc) is 2.36. The summed E-state index contributed by atoms with van der Waals surface area (Å²) < 4.78 is 5.21. The van der Waals surface area contributed by atoms with E-state index in [1.165, 1.54) is 6.92 Å². The summed E-state index contributed by atoms with van der Waals surface area (Å²) in [7, 11) is 1.55. The van der Waals surface area contributed by atoms with Crippen molar-refractivity contribution in [2.45, 2.75) is 13.8 Å². The molecule has 6 heteroatoms. The lowest BCUT2D eigenvalue weighted by Crippen LogP contribution is -2.07. The number of ether oxygens (including phenoxy) is 1. The average molecular weight is 272 g/mol. The van der Waals surface area contributed by atoms with Gasteiger partial charge >= 0.3 is 0 Å². The number of nitrogen functional groups attached to an aromatic ring is 1. The Balaban J connectivity index is 2.49. The second kappa shape index (κ2) is 5.56. The zero-order valence-corrected chi connectivity index (χ0v) is 11.6. The van der Waals surface area contributed by atoms with Gasteiger partial charge in [-0.3, -0.25) is 4.79 Å². The van der Waals surface area contributed by atoms with Crippen molar-refractivity contribution in [3.63, 3.8) is 0 Å². The van der Waals surface area contributed by atoms with Crippen molar-refractivity contribution in [1.82, 2.24) is 9.97 Å². The van der Waals surface area contributed by atoms with Crippen LogP contribution in [-0.4, -0.2) is 23.0 Å². The van der Waals surface area contributed by atoms with Gasteiger partial charge in [0.2, 0.25) is 5.91 Å². The number of rotatable bonds is 3. The summed E-state index contributed by atoms with van der Waals surface area (Å²) in [6.45, 7) is 3.22. The molecule has 0 aliphatic heterocycles. The molecule has 0 saturated heterocycles. The molecular formula is C14H16N4O2. The fourth-order valence-electron chi connectivity index (χ4n) is 1.89. The second-order valence-electron chi connectivity index (χ2n) is 4.32. The van der Waals surface area contributed by atoms with E-state index in [1.54, 1.807) is 32.2 Å². The van der Waals surface area contributed by atoms with Gasteiger partial charge in [-0.05, 0) is 25.1 Å². The van der Waals surface area contributed by atoms with Crippen molar-refractivity contribution in [3.8, 4) is 17.0 Å². The van der Waals surface area contributed by atoms with E-state index in [0.29, 0.717) is 28.8 Å². The second-order valence-corrected chi connectivity index (χ2v) is 4.32. The van der Waals surface area contributed by atoms with Crippen molar-refractivity contribution in [2.75, 3.05) is 18.2 Å². The van der Waals surface area contributed by atoms with E-state index < -0.39 is 0 Å². The minimum Gasteiger partial charge on any atom is -0.495 e. The summed E-state index contributed by atoms with van der Waals surface area (Å²) in [5.74, 6) is 1.42. The minimum absolute atomic E-state index is 0.168. The molecule has 3 N–H and O–H groups in total. The van der Waals surface area contributed by atoms with E-state index in [-0.39, 0.29) is 5.91 Å². The molecule has 2 aromatic rings. The van der Waals surface area contributed by atoms with Crippen molar-refractivity contribution < 1.29 is 9.53 Å². The summed E-state index contributed by atoms with van der Waals surface area (Å²) in [6.07, 6.45) is 0. The fraction of sp³-hybridized carbons (Fsp3) is 0.214. The van der Waals surface area contributed by atoms with Gasteiger partial charge in [0.15, 0.2) is 0 Å². The summed E-state index contributed by atoms with van der Waals surface area (Å²) in [5, 5.41) is 2.73. The number of carbonyl (C=O) groups excluding carboxylic acids is 1. The topological polar surface area (TPSA) is 90.1 Å². The lowest BCUT2D eigenvalue weighted by molar-refractivity contribution is -0.114. The molecule has 2 rings (SSSR count). The Labute approximate surface area is 117 Å². The Morgan fingerprint density at radius 1 is 1.30 bits per heavy atom. The Bertz CT molecular complexity index is 635. The first-order chi connectivity index (χ1) is 9.49. The van der Waals surface area contributed by atoms with Crippen LogP contribution in [0.5, 0.6) is 5.75 Å². The van der Waals surface area contributed by atoms with Crippen molar-refractivity contribution >= 4 is 17.4 Å². The van der Waals surface area contributed by atoms with E-state index in [4.69, 9.17) is 10.5 Å². The summed E-state index contributed by atoms with van der Waals surface area (Å²) >= 11 is 0. The third-order valence-corrected chi connectivity index (χ3v) is 2.66. The van der Waals surface area contributed by atoms with E-state index in [1.807, 2.05) is 6.07 Å². The molecule has 0 saturated carbocycles. The summed E-state index contributed by atoms with van der Waals surface area (Å²) in [5.41, 5.74) is 7.84. The van der Waals surface area contributed by atoms with Crippen molar-refractivity contribution in [3.05, 3.63) is 30.1 Å². The van der Waals surface area contributed by atoms with Crippen LogP contribution in [0.2, 0.25) is 0 Å². The van der Waals surface area contributed by atoms with Crippen LogP contribution in [0.3, 0.4) is 0 Å². The van der Waals surface area contributed by atoms with Gasteiger partial charge < -0.3 is 15.8 Å². The van der Waals surface area contributed by atoms with Gasteiger partial charge in [0.05, 0.1) is 18.5 Å². The predicted molar refractivity (Wildman–Crippen MR) is 77.5 cm³/mol. The zero-order valence-electron chi connectivity index (χ0n) is 11.6. The van der Waals surface area contributed by atoms with Crippen LogP contribution >= 0.6 is 0 Å². The molecule has 6 nitrogen and oxygen atoms in total. The van der Waals surface area contributed by atoms with Gasteiger partial charge in [-0.15, -0.1) is 0 Å². The quantitative estimate of drug-likeness (QED) is 0.891. The lowest BCUT2D eigenvalue weighted by Gasteiger charge is -2.11. The minimum atomic E-state index is -0.168. The van der Waals surface area contributed by atoms with Crippen molar-refractivity contribution in [1.29, 1.82) is 0 Å². The predicted octanol–water partition coefficient (Wildman–Crippen LogP) is 2.00. The normalized spacial score (nSPS) is 10.2. The van der Waals surface area contributed by atoms with E-state index in [0.717, 1.165) is 5.56 Å². The maximum absolute atomic E-state index is 11.2. The molecule has 0 unspecified atom stereocenters. The number of benzene rings is 1. The van der Waals surface area contributed by atoms with Gasteiger partial charge in [-0.25, -0.2) is 9.97 Å². The molecule has 0 aliphatic rings. The van der Waals surface area contributed by atoms with E-state index in [2.05, 4.69) is 15.3 Å². The number of methoxy groups -OCH3 is 1. The molecule has 1 heterocycles. The Hall–Kier alpha value is -2.63. The molecule has 1 amide bonds. The molecule has 0 spiro atoms. The molecule has 0 atom stereocenters. The summed E-state index contributed by atoms with van der Waals surface area (Å²) in [4.78, 5) is 19.6. The van der Waals surface area contributed by atoms with Crippen LogP contribution < -0.4 is 15.8 Å². The Kier molecular flexibility index (Phi) is 3.84. The number of nitrogens with two attached hydrogens (primary N) is 1. The maximum Gasteiger partial charge on any atom is 0.221 e. The molecule has 0 radical (unpaired) electrons. The number of carbonyl (C=O) groups is 1. The van der Waals surface area contributed by atoms with Crippen LogP contribution in [0.15, 0.2) is 24.3 Å². The smallest absolute Gasteiger partial charge is 0.221 e. The number of anilines is 2. The Morgan fingerprint density at radius 2 is 2.05 bits per heavy atom. The highest BCUT2D eigenvalue weighted by Gasteiger charge is 2.09. The van der Waals surface area contributed by atoms with Crippen LogP contribution in [0.25, 0.3) is 11.3 Å². The molecule has 1 aromatic heterocycles. The molecule has 1 aromatic carbocycles. The number of aryl methyl sites for hydroxylation is 1. The van der Waals surface area contributed by atoms with Crippen molar-refractivity contribution in [2.24, 2.45) is 0 Å². The molecule has 104 valence electrons. The maximum atomic E-state index is 11.2.